The fourth-order valence-electron chi connectivity index (χ4n) is 11.7. The van der Waals surface area contributed by atoms with Crippen molar-refractivity contribution in [3.8, 4) is 0 Å². The topological polar surface area (TPSA) is 105 Å². The molecule has 518 valence electrons. The van der Waals surface area contributed by atoms with Crippen molar-refractivity contribution >= 4 is 13.7 Å². The van der Waals surface area contributed by atoms with Crippen LogP contribution in [0.5, 0.6) is 0 Å². The van der Waals surface area contributed by atoms with E-state index in [4.69, 9.17) is 9.05 Å². The Labute approximate surface area is 549 Å². The second kappa shape index (κ2) is 69.5. The van der Waals surface area contributed by atoms with Crippen LogP contribution in [0, 0.1) is 0 Å². The van der Waals surface area contributed by atoms with Gasteiger partial charge >= 0.3 is 7.82 Å². The van der Waals surface area contributed by atoms with Crippen molar-refractivity contribution in [3.05, 3.63) is 60.8 Å². The van der Waals surface area contributed by atoms with Gasteiger partial charge in [0.05, 0.1) is 39.9 Å². The fraction of sp³-hybridized carbons (Fsp3) is 0.861. The number of nitrogens with one attached hydrogen (secondary N) is 1. The summed E-state index contributed by atoms with van der Waals surface area (Å²) < 4.78 is 23.8. The molecule has 0 aromatic rings. The number of nitrogens with zero attached hydrogens (tertiary/aromatic N) is 1. The van der Waals surface area contributed by atoms with Crippen LogP contribution >= 0.6 is 7.82 Å². The molecule has 8 nitrogen and oxygen atoms in total. The number of phosphoric acid groups is 1. The van der Waals surface area contributed by atoms with Gasteiger partial charge in [-0.2, -0.15) is 0 Å². The molecule has 88 heavy (non-hydrogen) atoms. The van der Waals surface area contributed by atoms with Gasteiger partial charge in [0, 0.05) is 6.42 Å². The molecule has 0 aliphatic rings. The van der Waals surface area contributed by atoms with Crippen LogP contribution in [0.4, 0.5) is 0 Å². The van der Waals surface area contributed by atoms with Crippen LogP contribution in [-0.4, -0.2) is 73.4 Å². The molecule has 0 saturated heterocycles. The molecule has 0 fully saturated rings. The average molecular weight is 1260 g/mol. The Morgan fingerprint density at radius 1 is 0.386 bits per heavy atom. The first kappa shape index (κ1) is 86.2. The number of rotatable bonds is 72. The molecule has 0 aliphatic heterocycles. The Morgan fingerprint density at radius 2 is 0.659 bits per heavy atom. The lowest BCUT2D eigenvalue weighted by Gasteiger charge is -2.25. The number of aliphatic hydroxyl groups is 1. The zero-order chi connectivity index (χ0) is 64.1. The number of allylic oxidation sites excluding steroid dienone is 9. The number of quaternary nitrogens is 1. The fourth-order valence-corrected chi connectivity index (χ4v) is 12.4. The zero-order valence-electron chi connectivity index (χ0n) is 59.5. The molecular weight excluding hydrogens is 1100 g/mol. The number of carbonyl (C=O) groups is 1. The minimum absolute atomic E-state index is 0.0543. The summed E-state index contributed by atoms with van der Waals surface area (Å²) in [6.45, 7) is 4.83. The first-order chi connectivity index (χ1) is 43.0. The van der Waals surface area contributed by atoms with Gasteiger partial charge in [-0.25, -0.2) is 4.57 Å². The van der Waals surface area contributed by atoms with E-state index in [1.807, 2.05) is 27.2 Å². The Hall–Kier alpha value is -1.80. The summed E-state index contributed by atoms with van der Waals surface area (Å²) >= 11 is 0. The quantitative estimate of drug-likeness (QED) is 0.0243. The maximum atomic E-state index is 13.1. The molecule has 0 heterocycles. The van der Waals surface area contributed by atoms with Crippen molar-refractivity contribution in [2.75, 3.05) is 40.9 Å². The summed E-state index contributed by atoms with van der Waals surface area (Å²) in [5.74, 6) is -0.184. The number of hydrogen-bond donors (Lipinski definition) is 3. The minimum Gasteiger partial charge on any atom is -0.387 e. The lowest BCUT2D eigenvalue weighted by Crippen LogP contribution is -2.45. The van der Waals surface area contributed by atoms with Crippen molar-refractivity contribution in [2.45, 2.75) is 398 Å². The van der Waals surface area contributed by atoms with Crippen molar-refractivity contribution < 1.29 is 32.9 Å². The van der Waals surface area contributed by atoms with Crippen molar-refractivity contribution in [3.63, 3.8) is 0 Å². The van der Waals surface area contributed by atoms with Crippen LogP contribution < -0.4 is 5.32 Å². The lowest BCUT2D eigenvalue weighted by molar-refractivity contribution is -0.870. The molecule has 0 aromatic heterocycles. The molecule has 0 bridgehead atoms. The highest BCUT2D eigenvalue weighted by Crippen LogP contribution is 2.43. The predicted molar refractivity (Wildman–Crippen MR) is 387 cm³/mol. The third kappa shape index (κ3) is 71.6. The summed E-state index contributed by atoms with van der Waals surface area (Å²) in [6, 6.07) is -0.872. The standard InChI is InChI=1S/C79H151N2O6P/c1-6-8-10-12-14-16-18-20-22-24-26-28-30-32-34-35-36-37-38-39-40-41-42-43-44-45-47-49-51-53-55-57-59-61-63-65-67-69-71-73-79(83)80-77(76-87-88(84,85)86-75-74-81(3,4)5)78(82)72-70-68-66-64-62-60-58-56-54-52-50-48-46-33-31-29-27-25-23-21-19-17-15-13-11-9-7-2/h18,20,24,26,54,56,62,64,70,72,77-78,82H,6-17,19,21-23,25,27-53,55,57-61,63,65-69,71,73-76H2,1-5H3,(H-,80,83,84,85)/p+1/b20-18-,26-24-,56-54+,64-62+,72-70+. The Morgan fingerprint density at radius 3 is 0.977 bits per heavy atom. The van der Waals surface area contributed by atoms with Gasteiger partial charge in [0.1, 0.15) is 13.2 Å². The Balaban J connectivity index is 3.99. The van der Waals surface area contributed by atoms with Crippen LogP contribution in [0.1, 0.15) is 386 Å². The monoisotopic (exact) mass is 1260 g/mol. The third-order valence-electron chi connectivity index (χ3n) is 17.7. The number of carbonyl (C=O) groups excluding carboxylic acids is 1. The second-order valence-corrected chi connectivity index (χ2v) is 29.2. The highest BCUT2D eigenvalue weighted by molar-refractivity contribution is 7.47. The molecule has 0 rings (SSSR count). The van der Waals surface area contributed by atoms with Gasteiger partial charge in [0.2, 0.25) is 5.91 Å². The van der Waals surface area contributed by atoms with Crippen LogP contribution in [0.2, 0.25) is 0 Å². The van der Waals surface area contributed by atoms with Gasteiger partial charge in [0.15, 0.2) is 0 Å². The maximum absolute atomic E-state index is 13.1. The molecule has 0 radical (unpaired) electrons. The van der Waals surface area contributed by atoms with Crippen LogP contribution in [-0.2, 0) is 18.4 Å². The van der Waals surface area contributed by atoms with E-state index in [9.17, 15) is 19.4 Å². The van der Waals surface area contributed by atoms with Gasteiger partial charge in [-0.15, -0.1) is 0 Å². The van der Waals surface area contributed by atoms with E-state index >= 15 is 0 Å². The summed E-state index contributed by atoms with van der Waals surface area (Å²) in [5, 5.41) is 14.0. The summed E-state index contributed by atoms with van der Waals surface area (Å²) in [5.41, 5.74) is 0. The van der Waals surface area contributed by atoms with Crippen molar-refractivity contribution in [2.24, 2.45) is 0 Å². The third-order valence-corrected chi connectivity index (χ3v) is 18.7. The summed E-state index contributed by atoms with van der Waals surface area (Å²) in [4.78, 5) is 23.5. The Bertz CT molecular complexity index is 1620. The van der Waals surface area contributed by atoms with E-state index in [2.05, 4.69) is 67.8 Å². The number of amides is 1. The molecule has 0 spiro atoms. The van der Waals surface area contributed by atoms with E-state index in [-0.39, 0.29) is 19.1 Å². The van der Waals surface area contributed by atoms with Crippen LogP contribution in [0.3, 0.4) is 0 Å². The molecule has 3 N–H and O–H groups in total. The van der Waals surface area contributed by atoms with Gasteiger partial charge in [-0.3, -0.25) is 13.8 Å². The zero-order valence-corrected chi connectivity index (χ0v) is 60.4. The van der Waals surface area contributed by atoms with Gasteiger partial charge in [-0.05, 0) is 77.0 Å². The number of phosphoric ester groups is 1. The summed E-state index contributed by atoms with van der Waals surface area (Å²) in [7, 11) is 1.56. The molecule has 0 aliphatic carbocycles. The highest BCUT2D eigenvalue weighted by atomic mass is 31.2. The first-order valence-corrected chi connectivity index (χ1v) is 40.2. The molecule has 3 atom stereocenters. The second-order valence-electron chi connectivity index (χ2n) is 27.7. The maximum Gasteiger partial charge on any atom is 0.472 e. The van der Waals surface area contributed by atoms with E-state index in [0.29, 0.717) is 17.4 Å². The van der Waals surface area contributed by atoms with Gasteiger partial charge in [-0.1, -0.05) is 364 Å². The van der Waals surface area contributed by atoms with E-state index in [0.717, 1.165) is 51.4 Å². The van der Waals surface area contributed by atoms with Crippen LogP contribution in [0.25, 0.3) is 0 Å². The normalized spacial score (nSPS) is 13.9. The molecule has 0 saturated carbocycles. The number of aliphatic hydroxyl groups excluding tert-OH is 1. The highest BCUT2D eigenvalue weighted by Gasteiger charge is 2.28. The van der Waals surface area contributed by atoms with Gasteiger partial charge in [0.25, 0.3) is 0 Å². The van der Waals surface area contributed by atoms with Crippen molar-refractivity contribution in [1.29, 1.82) is 0 Å². The minimum atomic E-state index is -4.37. The summed E-state index contributed by atoms with van der Waals surface area (Å²) in [6.07, 6.45) is 97.0. The smallest absolute Gasteiger partial charge is 0.387 e. The average Bonchev–Trinajstić information content (AvgIpc) is 3.70. The lowest BCUT2D eigenvalue weighted by atomic mass is 10.0. The predicted octanol–water partition coefficient (Wildman–Crippen LogP) is 25.1. The van der Waals surface area contributed by atoms with Crippen molar-refractivity contribution in [1.82, 2.24) is 5.32 Å². The number of hydrogen-bond acceptors (Lipinski definition) is 5. The number of unbranched alkanes of at least 4 members (excludes halogenated alkanes) is 51. The van der Waals surface area contributed by atoms with E-state index in [1.54, 1.807) is 6.08 Å². The first-order valence-electron chi connectivity index (χ1n) is 38.7. The largest absolute Gasteiger partial charge is 0.472 e. The molecule has 1 amide bonds. The van der Waals surface area contributed by atoms with Crippen LogP contribution in [0.15, 0.2) is 60.8 Å². The molecule has 3 unspecified atom stereocenters. The SMILES string of the molecule is CCCCCCC/C=C\C/C=C\CCCCCCCCCCCCCCCCCCCCCCCCCCCCCC(=O)NC(COP(=O)(O)OCC[N+](C)(C)C)C(O)/C=C/CC/C=C/CC/C=C/CCCCCCCCCCCCCCCCCCC. The molecular formula is C79H152N2O6P+. The number of likely N-dealkylation sites (N-methyl/N-ethyl adjacent to an activating group) is 1. The van der Waals surface area contributed by atoms with Gasteiger partial charge < -0.3 is 19.8 Å². The molecule has 0 aromatic carbocycles. The molecule has 9 heteroatoms. The van der Waals surface area contributed by atoms with E-state index in [1.165, 1.54) is 315 Å². The Kier molecular flexibility index (Phi) is 68.1. The van der Waals surface area contributed by atoms with E-state index < -0.39 is 20.0 Å².